The van der Waals surface area contributed by atoms with Crippen LogP contribution in [0.1, 0.15) is 130 Å². The van der Waals surface area contributed by atoms with Crippen LogP contribution in [0.15, 0.2) is 0 Å². The van der Waals surface area contributed by atoms with Gasteiger partial charge >= 0.3 is 11.9 Å². The number of carbonyl (C=O) groups excluding carboxylic acids is 2. The zero-order chi connectivity index (χ0) is 24.9. The lowest BCUT2D eigenvalue weighted by molar-refractivity contribution is -0.261. The fourth-order valence-electron chi connectivity index (χ4n) is 5.43. The van der Waals surface area contributed by atoms with Crippen LogP contribution in [0.3, 0.4) is 0 Å². The summed E-state index contributed by atoms with van der Waals surface area (Å²) >= 11 is 0. The molecule has 0 aliphatic heterocycles. The van der Waals surface area contributed by atoms with Crippen LogP contribution >= 0.6 is 0 Å². The van der Waals surface area contributed by atoms with Crippen molar-refractivity contribution in [3.8, 4) is 0 Å². The average Bonchev–Trinajstić information content (AvgIpc) is 2.87. The fraction of sp³-hybridized carbons (Fsp3) is 0.929. The number of carbonyl (C=O) groups is 2. The molecular formula is C28H50O6. The van der Waals surface area contributed by atoms with Crippen molar-refractivity contribution < 1.29 is 28.5 Å². The van der Waals surface area contributed by atoms with E-state index in [1.54, 1.807) is 0 Å². The molecule has 34 heavy (non-hydrogen) atoms. The van der Waals surface area contributed by atoms with E-state index in [9.17, 15) is 9.59 Å². The highest BCUT2D eigenvalue weighted by atomic mass is 16.6. The molecule has 6 heteroatoms. The third-order valence-corrected chi connectivity index (χ3v) is 7.61. The van der Waals surface area contributed by atoms with Crippen molar-refractivity contribution >= 4 is 11.9 Å². The smallest absolute Gasteiger partial charge is 0.342 e. The van der Waals surface area contributed by atoms with Crippen molar-refractivity contribution in [1.82, 2.24) is 0 Å². The first kappa shape index (κ1) is 29.1. The van der Waals surface area contributed by atoms with E-state index in [1.807, 2.05) is 13.8 Å². The molecule has 0 aromatic rings. The molecule has 0 heterocycles. The van der Waals surface area contributed by atoms with Gasteiger partial charge in [-0.25, -0.2) is 9.59 Å². The van der Waals surface area contributed by atoms with Gasteiger partial charge in [-0.05, 0) is 51.4 Å². The summed E-state index contributed by atoms with van der Waals surface area (Å²) in [6, 6.07) is 0. The molecule has 0 aromatic heterocycles. The second kappa shape index (κ2) is 15.1. The maximum atomic E-state index is 13.9. The van der Waals surface area contributed by atoms with Crippen molar-refractivity contribution in [2.45, 2.75) is 154 Å². The van der Waals surface area contributed by atoms with E-state index < -0.39 is 23.1 Å². The van der Waals surface area contributed by atoms with Gasteiger partial charge in [0.05, 0.1) is 25.4 Å². The summed E-state index contributed by atoms with van der Waals surface area (Å²) in [4.78, 5) is 27.8. The van der Waals surface area contributed by atoms with Gasteiger partial charge in [0.15, 0.2) is 0 Å². The highest BCUT2D eigenvalue weighted by Crippen LogP contribution is 2.43. The molecule has 2 saturated carbocycles. The van der Waals surface area contributed by atoms with Crippen molar-refractivity contribution in [1.29, 1.82) is 0 Å². The minimum atomic E-state index is -1.52. The third kappa shape index (κ3) is 7.19. The Bertz CT molecular complexity index is 544. The highest BCUT2D eigenvalue weighted by molar-refractivity contribution is 5.93. The minimum absolute atomic E-state index is 0.0863. The van der Waals surface area contributed by atoms with Crippen LogP contribution in [0.4, 0.5) is 0 Å². The van der Waals surface area contributed by atoms with Gasteiger partial charge < -0.3 is 18.9 Å². The van der Waals surface area contributed by atoms with E-state index in [-0.39, 0.29) is 12.2 Å². The lowest BCUT2D eigenvalue weighted by atomic mass is 9.76. The third-order valence-electron chi connectivity index (χ3n) is 7.61. The predicted octanol–water partition coefficient (Wildman–Crippen LogP) is 6.67. The van der Waals surface area contributed by atoms with Crippen molar-refractivity contribution in [2.24, 2.45) is 0 Å². The maximum Gasteiger partial charge on any atom is 0.342 e. The minimum Gasteiger partial charge on any atom is -0.463 e. The van der Waals surface area contributed by atoms with E-state index in [1.165, 1.54) is 12.8 Å². The summed E-state index contributed by atoms with van der Waals surface area (Å²) in [6.07, 6.45) is 14.0. The Morgan fingerprint density at radius 3 is 1.26 bits per heavy atom. The molecular weight excluding hydrogens is 432 g/mol. The second-order valence-electron chi connectivity index (χ2n) is 10.1. The van der Waals surface area contributed by atoms with Crippen LogP contribution in [0.25, 0.3) is 0 Å². The number of rotatable bonds is 15. The summed E-state index contributed by atoms with van der Waals surface area (Å²) in [5.41, 5.74) is -3.03. The van der Waals surface area contributed by atoms with Crippen LogP contribution in [0, 0.1) is 0 Å². The number of hydrogen-bond donors (Lipinski definition) is 0. The van der Waals surface area contributed by atoms with Gasteiger partial charge in [0.1, 0.15) is 0 Å². The summed E-state index contributed by atoms with van der Waals surface area (Å²) in [5.74, 6) is -0.946. The first-order chi connectivity index (χ1) is 16.5. The van der Waals surface area contributed by atoms with Crippen molar-refractivity contribution in [3.05, 3.63) is 0 Å². The molecule has 0 saturated heterocycles. The summed E-state index contributed by atoms with van der Waals surface area (Å²) in [7, 11) is 0. The van der Waals surface area contributed by atoms with E-state index >= 15 is 0 Å². The summed E-state index contributed by atoms with van der Waals surface area (Å²) < 4.78 is 25.1. The van der Waals surface area contributed by atoms with Crippen LogP contribution < -0.4 is 0 Å². The Morgan fingerprint density at radius 1 is 0.618 bits per heavy atom. The Hall–Kier alpha value is -1.14. The second-order valence-corrected chi connectivity index (χ2v) is 10.1. The molecule has 2 unspecified atom stereocenters. The molecule has 0 N–H and O–H groups in total. The summed E-state index contributed by atoms with van der Waals surface area (Å²) in [5, 5.41) is 0. The van der Waals surface area contributed by atoms with Gasteiger partial charge in [0.2, 0.25) is 11.2 Å². The fourth-order valence-corrected chi connectivity index (χ4v) is 5.43. The Balaban J connectivity index is 2.49. The van der Waals surface area contributed by atoms with Gasteiger partial charge in [-0.15, -0.1) is 0 Å². The average molecular weight is 483 g/mol. The van der Waals surface area contributed by atoms with Crippen LogP contribution in [0.2, 0.25) is 0 Å². The predicted molar refractivity (Wildman–Crippen MR) is 134 cm³/mol. The highest BCUT2D eigenvalue weighted by Gasteiger charge is 2.65. The molecule has 0 spiro atoms. The van der Waals surface area contributed by atoms with Gasteiger partial charge in [0, 0.05) is 0 Å². The lowest BCUT2D eigenvalue weighted by Gasteiger charge is -2.48. The normalized spacial score (nSPS) is 21.4. The molecule has 6 nitrogen and oxygen atoms in total. The Morgan fingerprint density at radius 2 is 0.971 bits per heavy atom. The van der Waals surface area contributed by atoms with Crippen molar-refractivity contribution in [3.63, 3.8) is 0 Å². The molecule has 2 aliphatic rings. The van der Waals surface area contributed by atoms with E-state index in [0.717, 1.165) is 77.0 Å². The first-order valence-corrected chi connectivity index (χ1v) is 14.2. The molecule has 0 radical (unpaired) electrons. The topological polar surface area (TPSA) is 71.1 Å². The summed E-state index contributed by atoms with van der Waals surface area (Å²) in [6.45, 7) is 8.59. The van der Waals surface area contributed by atoms with Crippen LogP contribution in [-0.2, 0) is 28.5 Å². The van der Waals surface area contributed by atoms with Gasteiger partial charge in [-0.2, -0.15) is 0 Å². The zero-order valence-corrected chi connectivity index (χ0v) is 22.3. The molecule has 2 rings (SSSR count). The Kier molecular flexibility index (Phi) is 12.9. The first-order valence-electron chi connectivity index (χ1n) is 14.2. The van der Waals surface area contributed by atoms with E-state index in [2.05, 4.69) is 13.8 Å². The molecule has 198 valence electrons. The Labute approximate surface area is 207 Å². The van der Waals surface area contributed by atoms with Crippen LogP contribution in [0.5, 0.6) is 0 Å². The van der Waals surface area contributed by atoms with E-state index in [4.69, 9.17) is 18.9 Å². The molecule has 0 amide bonds. The number of ether oxygens (including phenoxy) is 4. The molecule has 2 atom stereocenters. The number of hydrogen-bond acceptors (Lipinski definition) is 6. The maximum absolute atomic E-state index is 13.9. The number of unbranched alkanes of at least 4 members (excludes halogenated alkanes) is 2. The monoisotopic (exact) mass is 482 g/mol. The quantitative estimate of drug-likeness (QED) is 0.192. The molecule has 2 aliphatic carbocycles. The van der Waals surface area contributed by atoms with Crippen molar-refractivity contribution in [2.75, 3.05) is 13.2 Å². The molecule has 2 fully saturated rings. The molecule has 0 aromatic carbocycles. The standard InChI is InChI=1S/C28H50O6/c1-5-9-21-31-25(29)27(7-3,33-23-17-13-11-14-18-23)28(8-4,26(30)32-22-10-6-2)34-24-19-15-12-16-20-24/h23-24H,5-22H2,1-4H3. The van der Waals surface area contributed by atoms with Crippen LogP contribution in [-0.4, -0.2) is 48.6 Å². The zero-order valence-electron chi connectivity index (χ0n) is 22.3. The SMILES string of the molecule is CCCCOC(=O)C(CC)(OC1CCCCC1)C(CC)(OC1CCCCC1)C(=O)OCCCC. The van der Waals surface area contributed by atoms with Gasteiger partial charge in [-0.3, -0.25) is 0 Å². The molecule has 0 bridgehead atoms. The lowest BCUT2D eigenvalue weighted by Crippen LogP contribution is -2.68. The number of esters is 2. The largest absolute Gasteiger partial charge is 0.463 e. The van der Waals surface area contributed by atoms with Gasteiger partial charge in [0.25, 0.3) is 0 Å². The van der Waals surface area contributed by atoms with Gasteiger partial charge in [-0.1, -0.05) is 79.1 Å². The van der Waals surface area contributed by atoms with E-state index in [0.29, 0.717) is 26.1 Å².